The van der Waals surface area contributed by atoms with Crippen molar-refractivity contribution in [2.75, 3.05) is 18.1 Å². The molecule has 2 fully saturated rings. The Labute approximate surface area is 183 Å². The molecular weight excluding hydrogens is 414 g/mol. The van der Waals surface area contributed by atoms with Gasteiger partial charge in [0.15, 0.2) is 16.4 Å². The summed E-state index contributed by atoms with van der Waals surface area (Å²) in [6.45, 7) is 3.40. The van der Waals surface area contributed by atoms with Crippen molar-refractivity contribution in [1.82, 2.24) is 4.57 Å². The second-order valence-corrected chi connectivity index (χ2v) is 11.1. The van der Waals surface area contributed by atoms with Gasteiger partial charge in [0.25, 0.3) is 0 Å². The fourth-order valence-electron chi connectivity index (χ4n) is 5.29. The lowest BCUT2D eigenvalue weighted by Gasteiger charge is -2.27. The number of Topliss-reactive ketones (excluding diaryl/α,β-unsaturated/α-hetero) is 1. The van der Waals surface area contributed by atoms with Gasteiger partial charge in [-0.15, -0.1) is 0 Å². The maximum absolute atomic E-state index is 13.1. The normalized spacial score (nSPS) is 21.8. The molecule has 1 aromatic carbocycles. The average molecular weight is 444 g/mol. The first-order valence-corrected chi connectivity index (χ1v) is 12.7. The number of hydrogen-bond donors (Lipinski definition) is 0. The van der Waals surface area contributed by atoms with Crippen LogP contribution < -0.4 is 0 Å². The molecule has 1 unspecified atom stereocenters. The van der Waals surface area contributed by atoms with E-state index in [4.69, 9.17) is 4.74 Å². The lowest BCUT2D eigenvalue weighted by molar-refractivity contribution is -0.149. The van der Waals surface area contributed by atoms with E-state index in [0.29, 0.717) is 12.0 Å². The molecule has 2 aromatic rings. The van der Waals surface area contributed by atoms with Crippen molar-refractivity contribution in [2.24, 2.45) is 0 Å². The van der Waals surface area contributed by atoms with Crippen LogP contribution in [0.4, 0.5) is 0 Å². The number of aromatic nitrogens is 1. The number of ether oxygens (including phenoxy) is 1. The third-order valence-corrected chi connectivity index (χ3v) is 8.62. The maximum Gasteiger partial charge on any atom is 0.317 e. The summed E-state index contributed by atoms with van der Waals surface area (Å²) in [6.07, 6.45) is 3.94. The summed E-state index contributed by atoms with van der Waals surface area (Å²) in [6, 6.07) is 11.3. The Bertz CT molecular complexity index is 1090. The molecule has 166 valence electrons. The number of sulfone groups is 1. The molecule has 31 heavy (non-hydrogen) atoms. The molecule has 6 nitrogen and oxygen atoms in total. The monoisotopic (exact) mass is 443 g/mol. The average Bonchev–Trinajstić information content (AvgIpc) is 3.44. The molecule has 0 bridgehead atoms. The molecule has 1 atom stereocenters. The van der Waals surface area contributed by atoms with Gasteiger partial charge in [-0.1, -0.05) is 43.2 Å². The lowest BCUT2D eigenvalue weighted by atomic mass is 9.79. The van der Waals surface area contributed by atoms with Gasteiger partial charge in [0.05, 0.1) is 16.9 Å². The molecular formula is C24H29NO5S. The molecule has 0 N–H and O–H groups in total. The molecule has 1 saturated heterocycles. The Kier molecular flexibility index (Phi) is 5.81. The number of carbonyl (C=O) groups is 2. The van der Waals surface area contributed by atoms with E-state index < -0.39 is 15.3 Å². The van der Waals surface area contributed by atoms with Gasteiger partial charge in [-0.05, 0) is 44.7 Å². The number of carbonyl (C=O) groups excluding carboxylic acids is 2. The second-order valence-electron chi connectivity index (χ2n) is 8.87. The van der Waals surface area contributed by atoms with Gasteiger partial charge >= 0.3 is 5.97 Å². The fourth-order valence-corrected chi connectivity index (χ4v) is 6.99. The van der Waals surface area contributed by atoms with Crippen LogP contribution in [-0.4, -0.2) is 42.9 Å². The third-order valence-electron chi connectivity index (χ3n) is 6.87. The summed E-state index contributed by atoms with van der Waals surface area (Å²) in [4.78, 5) is 26.0. The van der Waals surface area contributed by atoms with Crippen molar-refractivity contribution in [3.8, 4) is 0 Å². The van der Waals surface area contributed by atoms with Crippen LogP contribution in [0, 0.1) is 13.8 Å². The largest absolute Gasteiger partial charge is 0.457 e. The molecule has 0 amide bonds. The molecule has 7 heteroatoms. The molecule has 1 aliphatic carbocycles. The quantitative estimate of drug-likeness (QED) is 0.502. The number of esters is 1. The summed E-state index contributed by atoms with van der Waals surface area (Å²) in [5.74, 6) is -0.307. The maximum atomic E-state index is 13.1. The number of hydrogen-bond acceptors (Lipinski definition) is 5. The van der Waals surface area contributed by atoms with Gasteiger partial charge in [-0.2, -0.15) is 0 Å². The predicted octanol–water partition coefficient (Wildman–Crippen LogP) is 3.70. The Morgan fingerprint density at radius 1 is 1.13 bits per heavy atom. The van der Waals surface area contributed by atoms with Crippen LogP contribution in [0.15, 0.2) is 36.4 Å². The standard InChI is InChI=1S/C24H29NO5S/c1-17-14-21(18(2)25(17)20-10-13-31(28,29)16-20)22(26)15-30-23(27)24(11-6-7-12-24)19-8-4-3-5-9-19/h3-5,8-9,14,20H,6-7,10-13,15-16H2,1-2H3. The minimum atomic E-state index is -3.03. The lowest BCUT2D eigenvalue weighted by Crippen LogP contribution is -2.35. The first-order valence-electron chi connectivity index (χ1n) is 10.9. The van der Waals surface area contributed by atoms with Crippen molar-refractivity contribution < 1.29 is 22.7 Å². The van der Waals surface area contributed by atoms with E-state index in [1.807, 2.05) is 48.7 Å². The van der Waals surface area contributed by atoms with E-state index in [0.717, 1.165) is 42.6 Å². The minimum Gasteiger partial charge on any atom is -0.457 e. The Hall–Kier alpha value is -2.41. The van der Waals surface area contributed by atoms with E-state index in [1.54, 1.807) is 6.07 Å². The smallest absolute Gasteiger partial charge is 0.317 e. The first-order chi connectivity index (χ1) is 14.7. The number of nitrogens with zero attached hydrogens (tertiary/aromatic N) is 1. The van der Waals surface area contributed by atoms with Crippen LogP contribution in [0.25, 0.3) is 0 Å². The number of ketones is 1. The van der Waals surface area contributed by atoms with E-state index in [-0.39, 0.29) is 35.9 Å². The number of rotatable bonds is 6. The molecule has 1 aromatic heterocycles. The van der Waals surface area contributed by atoms with Gasteiger partial charge in [-0.25, -0.2) is 8.42 Å². The highest BCUT2D eigenvalue weighted by atomic mass is 32.2. The van der Waals surface area contributed by atoms with Gasteiger partial charge in [0.1, 0.15) is 0 Å². The van der Waals surface area contributed by atoms with E-state index in [2.05, 4.69) is 0 Å². The van der Waals surface area contributed by atoms with Crippen LogP contribution in [0.3, 0.4) is 0 Å². The minimum absolute atomic E-state index is 0.103. The van der Waals surface area contributed by atoms with Gasteiger partial charge in [-0.3, -0.25) is 9.59 Å². The van der Waals surface area contributed by atoms with Crippen molar-refractivity contribution in [2.45, 2.75) is 57.4 Å². The summed E-state index contributed by atoms with van der Waals surface area (Å²) < 4.78 is 31.3. The SMILES string of the molecule is Cc1cc(C(=O)COC(=O)C2(c3ccccc3)CCCC2)c(C)n1C1CCS(=O)(=O)C1. The second kappa shape index (κ2) is 8.26. The van der Waals surface area contributed by atoms with Gasteiger partial charge < -0.3 is 9.30 Å². The van der Waals surface area contributed by atoms with Crippen LogP contribution in [0.2, 0.25) is 0 Å². The number of benzene rings is 1. The van der Waals surface area contributed by atoms with Gasteiger partial charge in [0.2, 0.25) is 5.78 Å². The third kappa shape index (κ3) is 4.07. The highest BCUT2D eigenvalue weighted by Gasteiger charge is 2.44. The van der Waals surface area contributed by atoms with Crippen molar-refractivity contribution in [3.05, 3.63) is 58.9 Å². The van der Waals surface area contributed by atoms with Gasteiger partial charge in [0, 0.05) is 23.0 Å². The molecule has 4 rings (SSSR count). The molecule has 0 radical (unpaired) electrons. The topological polar surface area (TPSA) is 82.4 Å². The van der Waals surface area contributed by atoms with Crippen LogP contribution >= 0.6 is 0 Å². The summed E-state index contributed by atoms with van der Waals surface area (Å²) >= 11 is 0. The molecule has 2 aliphatic rings. The predicted molar refractivity (Wildman–Crippen MR) is 118 cm³/mol. The van der Waals surface area contributed by atoms with E-state index >= 15 is 0 Å². The zero-order chi connectivity index (χ0) is 22.2. The van der Waals surface area contributed by atoms with Crippen LogP contribution in [0.1, 0.15) is 65.5 Å². The van der Waals surface area contributed by atoms with E-state index in [1.165, 1.54) is 0 Å². The zero-order valence-corrected chi connectivity index (χ0v) is 18.9. The molecule has 1 saturated carbocycles. The zero-order valence-electron chi connectivity index (χ0n) is 18.1. The Balaban J connectivity index is 1.49. The summed E-state index contributed by atoms with van der Waals surface area (Å²) in [7, 11) is -3.03. The van der Waals surface area contributed by atoms with Crippen molar-refractivity contribution in [1.29, 1.82) is 0 Å². The molecule has 1 aliphatic heterocycles. The fraction of sp³-hybridized carbons (Fsp3) is 0.500. The van der Waals surface area contributed by atoms with Crippen molar-refractivity contribution in [3.63, 3.8) is 0 Å². The van der Waals surface area contributed by atoms with Crippen molar-refractivity contribution >= 4 is 21.6 Å². The first kappa shape index (κ1) is 21.8. The van der Waals surface area contributed by atoms with E-state index in [9.17, 15) is 18.0 Å². The Morgan fingerprint density at radius 2 is 1.81 bits per heavy atom. The van der Waals surface area contributed by atoms with Crippen LogP contribution in [-0.2, 0) is 24.8 Å². The number of aryl methyl sites for hydroxylation is 1. The summed E-state index contributed by atoms with van der Waals surface area (Å²) in [5.41, 5.74) is 2.36. The Morgan fingerprint density at radius 3 is 2.42 bits per heavy atom. The highest BCUT2D eigenvalue weighted by Crippen LogP contribution is 2.42. The van der Waals surface area contributed by atoms with Crippen LogP contribution in [0.5, 0.6) is 0 Å². The molecule has 0 spiro atoms. The highest BCUT2D eigenvalue weighted by molar-refractivity contribution is 7.91. The molecule has 2 heterocycles. The summed E-state index contributed by atoms with van der Waals surface area (Å²) in [5, 5.41) is 0.